The maximum absolute atomic E-state index is 13.8. The summed E-state index contributed by atoms with van der Waals surface area (Å²) in [4.78, 5) is 42.4. The van der Waals surface area contributed by atoms with Gasteiger partial charge in [-0.15, -0.1) is 0 Å². The molecular formula is C26H29N3O3S. The molecule has 6 nitrogen and oxygen atoms in total. The van der Waals surface area contributed by atoms with E-state index < -0.39 is 17.4 Å². The van der Waals surface area contributed by atoms with Crippen LogP contribution in [0.4, 0.5) is 5.69 Å². The van der Waals surface area contributed by atoms with Crippen molar-refractivity contribution in [3.05, 3.63) is 65.2 Å². The number of carbonyl (C=O) groups excluding carboxylic acids is 3. The summed E-state index contributed by atoms with van der Waals surface area (Å²) in [6.45, 7) is 2.39. The van der Waals surface area contributed by atoms with E-state index in [1.54, 1.807) is 11.8 Å². The molecule has 5 rings (SSSR count). The van der Waals surface area contributed by atoms with E-state index in [0.717, 1.165) is 41.0 Å². The smallest absolute Gasteiger partial charge is 0.250 e. The summed E-state index contributed by atoms with van der Waals surface area (Å²) >= 11 is 1.71. The fourth-order valence-electron chi connectivity index (χ4n) is 5.84. The molecule has 0 unspecified atom stereocenters. The number of benzene rings is 2. The van der Waals surface area contributed by atoms with E-state index in [1.165, 1.54) is 4.90 Å². The van der Waals surface area contributed by atoms with Gasteiger partial charge < -0.3 is 5.32 Å². The zero-order valence-electron chi connectivity index (χ0n) is 19.0. The standard InChI is InChI=1S/C26H29N3O3S/c1-3-17-10-7-11-18-22(17)27-25(32)26(18)21-20(19(28-26)13-15-33-2)23(30)29(24(21)31)14-12-16-8-5-4-6-9-16/h4-11,19-21,28H,3,12-15H2,1-2H3,(H,27,32)/t19-,20+,21-,26-/m0/s1. The fourth-order valence-corrected chi connectivity index (χ4v) is 6.33. The topological polar surface area (TPSA) is 78.5 Å². The van der Waals surface area contributed by atoms with Crippen LogP contribution >= 0.6 is 11.8 Å². The van der Waals surface area contributed by atoms with Crippen molar-refractivity contribution in [1.82, 2.24) is 10.2 Å². The number of anilines is 1. The van der Waals surface area contributed by atoms with Crippen LogP contribution in [0.15, 0.2) is 48.5 Å². The summed E-state index contributed by atoms with van der Waals surface area (Å²) in [5, 5.41) is 6.58. The van der Waals surface area contributed by atoms with Crippen molar-refractivity contribution < 1.29 is 14.4 Å². The fraction of sp³-hybridized carbons (Fsp3) is 0.423. The first-order chi connectivity index (χ1) is 16.0. The quantitative estimate of drug-likeness (QED) is 0.618. The average Bonchev–Trinajstić information content (AvgIpc) is 3.41. The number of nitrogens with zero attached hydrogens (tertiary/aromatic N) is 1. The van der Waals surface area contributed by atoms with E-state index >= 15 is 0 Å². The highest BCUT2D eigenvalue weighted by atomic mass is 32.2. The highest BCUT2D eigenvalue weighted by Gasteiger charge is 2.70. The van der Waals surface area contributed by atoms with E-state index in [0.29, 0.717) is 13.0 Å². The SMILES string of the molecule is CCc1cccc2c1NC(=O)[C@]21N[C@@H](CCSC)[C@H]2C(=O)N(CCc3ccccc3)C(=O)[C@H]21. The van der Waals surface area contributed by atoms with Crippen LogP contribution in [0, 0.1) is 11.8 Å². The van der Waals surface area contributed by atoms with Crippen LogP contribution in [-0.4, -0.2) is 47.2 Å². The third-order valence-corrected chi connectivity index (χ3v) is 8.05. The molecule has 0 radical (unpaired) electrons. The van der Waals surface area contributed by atoms with Crippen molar-refractivity contribution in [3.8, 4) is 0 Å². The first-order valence-corrected chi connectivity index (χ1v) is 13.0. The highest BCUT2D eigenvalue weighted by Crippen LogP contribution is 2.54. The van der Waals surface area contributed by atoms with Gasteiger partial charge in [0.05, 0.1) is 11.8 Å². The van der Waals surface area contributed by atoms with Gasteiger partial charge in [-0.25, -0.2) is 0 Å². The predicted octanol–water partition coefficient (Wildman–Crippen LogP) is 2.97. The van der Waals surface area contributed by atoms with Crippen LogP contribution in [-0.2, 0) is 32.8 Å². The zero-order valence-corrected chi connectivity index (χ0v) is 19.8. The molecule has 0 saturated carbocycles. The van der Waals surface area contributed by atoms with E-state index in [9.17, 15) is 14.4 Å². The molecule has 2 aromatic rings. The minimum absolute atomic E-state index is 0.149. The van der Waals surface area contributed by atoms with Crippen molar-refractivity contribution in [3.63, 3.8) is 0 Å². The van der Waals surface area contributed by atoms with Crippen LogP contribution in [0.1, 0.15) is 30.0 Å². The molecular weight excluding hydrogens is 434 g/mol. The number of hydrogen-bond donors (Lipinski definition) is 2. The molecule has 2 aromatic carbocycles. The van der Waals surface area contributed by atoms with Crippen molar-refractivity contribution in [2.75, 3.05) is 23.9 Å². The molecule has 3 amide bonds. The minimum atomic E-state index is -1.19. The molecule has 1 spiro atoms. The second-order valence-corrected chi connectivity index (χ2v) is 10.0. The van der Waals surface area contributed by atoms with Crippen molar-refractivity contribution >= 4 is 35.2 Å². The maximum atomic E-state index is 13.8. The van der Waals surface area contributed by atoms with E-state index in [2.05, 4.69) is 17.6 Å². The number of thioether (sulfide) groups is 1. The molecule has 4 atom stereocenters. The highest BCUT2D eigenvalue weighted by molar-refractivity contribution is 7.98. The van der Waals surface area contributed by atoms with Crippen LogP contribution in [0.25, 0.3) is 0 Å². The van der Waals surface area contributed by atoms with Crippen LogP contribution in [0.2, 0.25) is 0 Å². The lowest BCUT2D eigenvalue weighted by molar-refractivity contribution is -0.142. The normalized spacial score (nSPS) is 27.9. The molecule has 172 valence electrons. The lowest BCUT2D eigenvalue weighted by Crippen LogP contribution is -2.53. The molecule has 7 heteroatoms. The molecule has 2 N–H and O–H groups in total. The number of likely N-dealkylation sites (tertiary alicyclic amines) is 1. The number of rotatable bonds is 7. The Morgan fingerprint density at radius 3 is 2.55 bits per heavy atom. The summed E-state index contributed by atoms with van der Waals surface area (Å²) in [6.07, 6.45) is 4.14. The third-order valence-electron chi connectivity index (χ3n) is 7.41. The molecule has 0 aromatic heterocycles. The van der Waals surface area contributed by atoms with Gasteiger partial charge in [0, 0.05) is 23.8 Å². The molecule has 3 aliphatic heterocycles. The molecule has 3 heterocycles. The van der Waals surface area contributed by atoms with Gasteiger partial charge in [0.15, 0.2) is 0 Å². The monoisotopic (exact) mass is 463 g/mol. The van der Waals surface area contributed by atoms with Crippen molar-refractivity contribution in [1.29, 1.82) is 0 Å². The lowest BCUT2D eigenvalue weighted by atomic mass is 9.76. The largest absolute Gasteiger partial charge is 0.324 e. The van der Waals surface area contributed by atoms with Gasteiger partial charge in [-0.3, -0.25) is 24.6 Å². The molecule has 0 aliphatic carbocycles. The second kappa shape index (κ2) is 8.61. The molecule has 0 bridgehead atoms. The third kappa shape index (κ3) is 3.32. The Balaban J connectivity index is 1.54. The lowest BCUT2D eigenvalue weighted by Gasteiger charge is -2.29. The van der Waals surface area contributed by atoms with Crippen LogP contribution in [0.5, 0.6) is 0 Å². The number of aryl methyl sites for hydroxylation is 1. The number of hydrogen-bond acceptors (Lipinski definition) is 5. The number of para-hydroxylation sites is 1. The van der Waals surface area contributed by atoms with Gasteiger partial charge in [-0.1, -0.05) is 55.5 Å². The summed E-state index contributed by atoms with van der Waals surface area (Å²) in [5.41, 5.74) is 2.53. The predicted molar refractivity (Wildman–Crippen MR) is 130 cm³/mol. The molecule has 33 heavy (non-hydrogen) atoms. The van der Waals surface area contributed by atoms with Gasteiger partial charge in [0.25, 0.3) is 0 Å². The van der Waals surface area contributed by atoms with Crippen molar-refractivity contribution in [2.24, 2.45) is 11.8 Å². The minimum Gasteiger partial charge on any atom is -0.324 e. The average molecular weight is 464 g/mol. The number of carbonyl (C=O) groups is 3. The van der Waals surface area contributed by atoms with Gasteiger partial charge in [-0.2, -0.15) is 11.8 Å². The first-order valence-electron chi connectivity index (χ1n) is 11.6. The number of imide groups is 1. The van der Waals surface area contributed by atoms with Gasteiger partial charge in [0.1, 0.15) is 5.54 Å². The molecule has 3 aliphatic rings. The van der Waals surface area contributed by atoms with Gasteiger partial charge >= 0.3 is 0 Å². The summed E-state index contributed by atoms with van der Waals surface area (Å²) in [5.74, 6) is -0.991. The number of nitrogens with one attached hydrogen (secondary N) is 2. The Labute approximate surface area is 198 Å². The number of amides is 3. The van der Waals surface area contributed by atoms with E-state index in [1.807, 2.05) is 54.8 Å². The molecule has 2 fully saturated rings. The maximum Gasteiger partial charge on any atom is 0.250 e. The Morgan fingerprint density at radius 2 is 1.82 bits per heavy atom. The Kier molecular flexibility index (Phi) is 5.79. The summed E-state index contributed by atoms with van der Waals surface area (Å²) < 4.78 is 0. The van der Waals surface area contributed by atoms with Crippen LogP contribution < -0.4 is 10.6 Å². The van der Waals surface area contributed by atoms with E-state index in [4.69, 9.17) is 0 Å². The van der Waals surface area contributed by atoms with E-state index in [-0.39, 0.29) is 23.8 Å². The summed E-state index contributed by atoms with van der Waals surface area (Å²) in [7, 11) is 0. The van der Waals surface area contributed by atoms with Gasteiger partial charge in [0.2, 0.25) is 17.7 Å². The Hall–Kier alpha value is -2.64. The molecule has 2 saturated heterocycles. The van der Waals surface area contributed by atoms with Crippen molar-refractivity contribution in [2.45, 2.75) is 37.8 Å². The Morgan fingerprint density at radius 1 is 1.03 bits per heavy atom. The summed E-state index contributed by atoms with van der Waals surface area (Å²) in [6, 6.07) is 15.5. The van der Waals surface area contributed by atoms with Gasteiger partial charge in [-0.05, 0) is 42.4 Å². The zero-order chi connectivity index (χ0) is 23.2. The Bertz CT molecular complexity index is 1110. The number of fused-ring (bicyclic) bond motifs is 4. The first kappa shape index (κ1) is 22.2. The van der Waals surface area contributed by atoms with Crippen LogP contribution in [0.3, 0.4) is 0 Å². The second-order valence-electron chi connectivity index (χ2n) is 9.05.